The highest BCUT2D eigenvalue weighted by atomic mass is 35.5. The van der Waals surface area contributed by atoms with E-state index in [0.717, 1.165) is 79.4 Å². The second-order valence-corrected chi connectivity index (χ2v) is 13.3. The number of rotatable bonds is 11. The maximum atomic E-state index is 13.7. The summed E-state index contributed by atoms with van der Waals surface area (Å²) in [5.41, 5.74) is 11.7. The van der Waals surface area contributed by atoms with Crippen LogP contribution in [0.1, 0.15) is 60.0 Å². The number of tetrazole rings is 1. The number of aromatic amines is 1. The molecule has 264 valence electrons. The van der Waals surface area contributed by atoms with E-state index in [1.54, 1.807) is 24.3 Å². The van der Waals surface area contributed by atoms with E-state index < -0.39 is 6.04 Å². The van der Waals surface area contributed by atoms with E-state index in [0.29, 0.717) is 36.0 Å². The minimum Gasteiger partial charge on any atom is -0.349 e. The van der Waals surface area contributed by atoms with Gasteiger partial charge in [0, 0.05) is 35.2 Å². The third-order valence-corrected chi connectivity index (χ3v) is 9.68. The van der Waals surface area contributed by atoms with Crippen molar-refractivity contribution >= 4 is 35.8 Å². The molecule has 2 aliphatic rings. The first-order valence-corrected chi connectivity index (χ1v) is 17.2. The molecule has 1 saturated heterocycles. The molecule has 2 fully saturated rings. The lowest BCUT2D eigenvalue weighted by molar-refractivity contribution is -0.130. The Kier molecular flexibility index (Phi) is 12.7. The molecular weight excluding hydrogens is 654 g/mol. The number of aromatic nitrogens is 4. The van der Waals surface area contributed by atoms with Gasteiger partial charge in [0.15, 0.2) is 0 Å². The predicted molar refractivity (Wildman–Crippen MR) is 196 cm³/mol. The van der Waals surface area contributed by atoms with Gasteiger partial charge in [0.2, 0.25) is 17.6 Å². The average Bonchev–Trinajstić information content (AvgIpc) is 3.67. The summed E-state index contributed by atoms with van der Waals surface area (Å²) in [4.78, 5) is 40.2. The number of hydrogen-bond donors (Lipinski definition) is 6. The van der Waals surface area contributed by atoms with Crippen molar-refractivity contribution in [1.82, 2.24) is 36.6 Å². The summed E-state index contributed by atoms with van der Waals surface area (Å²) in [7, 11) is 0. The third kappa shape index (κ3) is 9.52. The zero-order valence-electron chi connectivity index (χ0n) is 28.3. The molecule has 0 unspecified atom stereocenters. The summed E-state index contributed by atoms with van der Waals surface area (Å²) >= 11 is 0. The average molecular weight is 700 g/mol. The molecule has 0 radical (unpaired) electrons. The zero-order valence-corrected chi connectivity index (χ0v) is 29.1. The fraction of sp³-hybridized carbons (Fsp3) is 0.405. The number of hydrogen-bond acceptors (Lipinski definition) is 8. The lowest BCUT2D eigenvalue weighted by Gasteiger charge is -2.28. The minimum atomic E-state index is -0.785. The quantitative estimate of drug-likeness (QED) is 0.135. The van der Waals surface area contributed by atoms with Crippen molar-refractivity contribution in [2.24, 2.45) is 17.6 Å². The van der Waals surface area contributed by atoms with Crippen LogP contribution in [-0.2, 0) is 16.0 Å². The highest BCUT2D eigenvalue weighted by molar-refractivity contribution is 5.98. The van der Waals surface area contributed by atoms with Crippen LogP contribution in [0.15, 0.2) is 66.7 Å². The first-order valence-electron chi connectivity index (χ1n) is 17.2. The van der Waals surface area contributed by atoms with E-state index in [-0.39, 0.29) is 42.1 Å². The summed E-state index contributed by atoms with van der Waals surface area (Å²) in [6, 6.07) is 20.4. The standard InChI is InChI=1S/C37H45N9O3.ClH/c1-23-18-29(21-30(19-23)36(48)40-32-14-16-39-17-15-32)26-6-2-24(3-7-26)20-33(42-35(47)28-8-4-25(22-38)5-9-28)37(49)41-31-12-10-27(11-13-31)34-43-45-46-44-34;/h2-3,6-7,10-13,18-19,21,25,28,32-33,39H,4-5,8-9,14-17,20,22,38H2,1H3,(H,40,48)(H,41,49)(H,42,47)(H,43,44,45,46);1H/t25-,28-,33-;/m0./s1. The van der Waals surface area contributed by atoms with Crippen molar-refractivity contribution < 1.29 is 14.4 Å². The monoisotopic (exact) mass is 699 g/mol. The second-order valence-electron chi connectivity index (χ2n) is 13.3. The van der Waals surface area contributed by atoms with Crippen LogP contribution >= 0.6 is 12.4 Å². The van der Waals surface area contributed by atoms with Crippen LogP contribution in [0, 0.1) is 18.8 Å². The maximum absolute atomic E-state index is 13.7. The maximum Gasteiger partial charge on any atom is 0.251 e. The van der Waals surface area contributed by atoms with Crippen LogP contribution in [0.4, 0.5) is 5.69 Å². The topological polar surface area (TPSA) is 180 Å². The van der Waals surface area contributed by atoms with Crippen LogP contribution in [-0.4, -0.2) is 70.1 Å². The number of nitrogens with one attached hydrogen (secondary N) is 5. The van der Waals surface area contributed by atoms with Crippen molar-refractivity contribution in [3.63, 3.8) is 0 Å². The molecule has 0 spiro atoms. The Morgan fingerprint density at radius 3 is 2.24 bits per heavy atom. The molecule has 0 bridgehead atoms. The number of amides is 3. The lowest BCUT2D eigenvalue weighted by atomic mass is 9.81. The van der Waals surface area contributed by atoms with Crippen molar-refractivity contribution in [3.05, 3.63) is 83.4 Å². The van der Waals surface area contributed by atoms with Gasteiger partial charge in [-0.3, -0.25) is 14.4 Å². The number of H-pyrrole nitrogens is 1. The van der Waals surface area contributed by atoms with Gasteiger partial charge >= 0.3 is 0 Å². The van der Waals surface area contributed by atoms with E-state index in [2.05, 4.69) is 48.0 Å². The number of halogens is 1. The van der Waals surface area contributed by atoms with Gasteiger partial charge in [-0.1, -0.05) is 30.3 Å². The highest BCUT2D eigenvalue weighted by Gasteiger charge is 2.29. The molecule has 3 aromatic carbocycles. The molecule has 4 aromatic rings. The van der Waals surface area contributed by atoms with E-state index in [1.807, 2.05) is 43.3 Å². The molecule has 7 N–H and O–H groups in total. The molecule has 1 aliphatic heterocycles. The van der Waals surface area contributed by atoms with Crippen LogP contribution in [0.25, 0.3) is 22.5 Å². The Morgan fingerprint density at radius 2 is 1.58 bits per heavy atom. The normalized spacial score (nSPS) is 18.4. The first kappa shape index (κ1) is 36.6. The van der Waals surface area contributed by atoms with Gasteiger partial charge in [-0.05, 0) is 135 Å². The predicted octanol–water partition coefficient (Wildman–Crippen LogP) is 4.18. The Labute approximate surface area is 298 Å². The van der Waals surface area contributed by atoms with Crippen LogP contribution in [0.3, 0.4) is 0 Å². The molecule has 1 aliphatic carbocycles. The number of aryl methyl sites for hydroxylation is 1. The van der Waals surface area contributed by atoms with Crippen molar-refractivity contribution in [2.45, 2.75) is 64.0 Å². The Balaban J connectivity index is 0.00000486. The van der Waals surface area contributed by atoms with Gasteiger partial charge in [0.1, 0.15) is 6.04 Å². The number of piperidine rings is 1. The minimum absolute atomic E-state index is 0. The third-order valence-electron chi connectivity index (χ3n) is 9.68. The van der Waals surface area contributed by atoms with Gasteiger partial charge in [-0.15, -0.1) is 22.6 Å². The van der Waals surface area contributed by atoms with E-state index in [9.17, 15) is 14.4 Å². The molecule has 1 aromatic heterocycles. The Morgan fingerprint density at radius 1 is 0.880 bits per heavy atom. The van der Waals surface area contributed by atoms with Gasteiger partial charge in [-0.25, -0.2) is 0 Å². The summed E-state index contributed by atoms with van der Waals surface area (Å²) in [5.74, 6) is 0.304. The molecule has 3 amide bonds. The van der Waals surface area contributed by atoms with Crippen molar-refractivity contribution in [2.75, 3.05) is 25.0 Å². The number of carbonyl (C=O) groups excluding carboxylic acids is 3. The number of anilines is 1. The van der Waals surface area contributed by atoms with E-state index >= 15 is 0 Å². The molecule has 12 nitrogen and oxygen atoms in total. The molecule has 13 heteroatoms. The summed E-state index contributed by atoms with van der Waals surface area (Å²) in [6.07, 6.45) is 5.53. The molecule has 2 heterocycles. The number of benzene rings is 3. The van der Waals surface area contributed by atoms with Crippen molar-refractivity contribution in [3.8, 4) is 22.5 Å². The van der Waals surface area contributed by atoms with Gasteiger partial charge < -0.3 is 27.0 Å². The van der Waals surface area contributed by atoms with Crippen LogP contribution in [0.5, 0.6) is 0 Å². The molecule has 1 atom stereocenters. The summed E-state index contributed by atoms with van der Waals surface area (Å²) in [5, 5.41) is 26.6. The SMILES string of the molecule is Cc1cc(C(=O)NC2CCNCC2)cc(-c2ccc(C[C@H](NC(=O)[C@H]3CC[C@H](CN)CC3)C(=O)Nc3ccc(-c4nn[nH]n4)cc3)cc2)c1.Cl. The number of nitrogens with two attached hydrogens (primary N) is 1. The van der Waals surface area contributed by atoms with Gasteiger partial charge in [0.05, 0.1) is 0 Å². The zero-order chi connectivity index (χ0) is 34.2. The van der Waals surface area contributed by atoms with Crippen LogP contribution < -0.4 is 27.0 Å². The Bertz CT molecular complexity index is 1720. The second kappa shape index (κ2) is 17.3. The fourth-order valence-corrected chi connectivity index (χ4v) is 6.76. The largest absolute Gasteiger partial charge is 0.349 e. The lowest BCUT2D eigenvalue weighted by Crippen LogP contribution is -2.48. The fourth-order valence-electron chi connectivity index (χ4n) is 6.76. The first-order chi connectivity index (χ1) is 23.8. The molecule has 1 saturated carbocycles. The van der Waals surface area contributed by atoms with Gasteiger partial charge in [-0.2, -0.15) is 5.21 Å². The highest BCUT2D eigenvalue weighted by Crippen LogP contribution is 2.29. The number of nitrogens with zero attached hydrogens (tertiary/aromatic N) is 3. The number of carbonyl (C=O) groups is 3. The van der Waals surface area contributed by atoms with Crippen molar-refractivity contribution in [1.29, 1.82) is 0 Å². The smallest absolute Gasteiger partial charge is 0.251 e. The summed E-state index contributed by atoms with van der Waals surface area (Å²) < 4.78 is 0. The van der Waals surface area contributed by atoms with Crippen LogP contribution in [0.2, 0.25) is 0 Å². The van der Waals surface area contributed by atoms with E-state index in [4.69, 9.17) is 5.73 Å². The molecule has 6 rings (SSSR count). The molecular formula is C37H46ClN9O3. The van der Waals surface area contributed by atoms with Gasteiger partial charge in [0.25, 0.3) is 5.91 Å². The summed E-state index contributed by atoms with van der Waals surface area (Å²) in [6.45, 7) is 4.45. The van der Waals surface area contributed by atoms with E-state index in [1.165, 1.54) is 0 Å². The Hall–Kier alpha value is -4.65. The molecule has 50 heavy (non-hydrogen) atoms.